The molecule has 0 aromatic carbocycles. The highest BCUT2D eigenvalue weighted by Crippen LogP contribution is 2.16. The predicted octanol–water partition coefficient (Wildman–Crippen LogP) is 21.3. The number of rotatable bonds is 57. The summed E-state index contributed by atoms with van der Waals surface area (Å²) in [5, 5.41) is 0. The maximum Gasteiger partial charge on any atom is 0.306 e. The molecule has 0 spiro atoms. The van der Waals surface area contributed by atoms with Crippen molar-refractivity contribution in [2.24, 2.45) is 0 Å². The fourth-order valence-corrected chi connectivity index (χ4v) is 9.00. The molecular weight excluding hydrogens is 901 g/mol. The average molecular weight is 1020 g/mol. The third-order valence-electron chi connectivity index (χ3n) is 13.7. The van der Waals surface area contributed by atoms with Crippen LogP contribution in [0.5, 0.6) is 0 Å². The zero-order valence-corrected chi connectivity index (χ0v) is 48.4. The van der Waals surface area contributed by atoms with Crippen molar-refractivity contribution in [3.63, 3.8) is 0 Å². The van der Waals surface area contributed by atoms with E-state index < -0.39 is 6.10 Å². The van der Waals surface area contributed by atoms with E-state index in [1.807, 2.05) is 0 Å². The second kappa shape index (κ2) is 61.4. The Bertz CT molecular complexity index is 1360. The molecule has 0 fully saturated rings. The molecule has 0 aromatic heterocycles. The number of unbranched alkanes of at least 4 members (excludes halogenated alkanes) is 34. The first-order valence-corrected chi connectivity index (χ1v) is 31.4. The zero-order chi connectivity index (χ0) is 52.9. The number of carbonyl (C=O) groups is 3. The van der Waals surface area contributed by atoms with Crippen LogP contribution in [0.25, 0.3) is 0 Å². The van der Waals surface area contributed by atoms with Crippen LogP contribution < -0.4 is 0 Å². The molecule has 0 saturated heterocycles. The van der Waals surface area contributed by atoms with Crippen LogP contribution in [0.2, 0.25) is 0 Å². The SMILES string of the molecule is CC/C=C\C/C=C\C/C=C\CCCCCCCCCC(=O)OC(COC(=O)CCCCCCCCCCC)COC(=O)CCCCCCCCCCCCCCCC/C=C\C/C=C\C/C=C\CCCCCCC. The van der Waals surface area contributed by atoms with Crippen molar-refractivity contribution in [1.82, 2.24) is 0 Å². The van der Waals surface area contributed by atoms with E-state index in [1.165, 1.54) is 180 Å². The standard InChI is InChI=1S/C67H118O6/c1-4-7-10-13-16-19-21-23-25-27-28-29-30-31-32-33-34-35-36-37-38-40-41-43-45-48-51-54-57-60-66(69)72-63-64(62-71-65(68)59-56-53-50-47-18-15-12-9-6-3)73-67(70)61-58-55-52-49-46-44-42-39-26-24-22-20-17-14-11-8-5-2/h8,11,17,20-21,23-24,26-28,30-31,64H,4-7,9-10,12-16,18-19,22,25,29,32-63H2,1-3H3/b11-8-,20-17-,23-21-,26-24-,28-27-,31-30-. The summed E-state index contributed by atoms with van der Waals surface area (Å²) in [5.74, 6) is -0.878. The van der Waals surface area contributed by atoms with E-state index in [9.17, 15) is 14.4 Å². The van der Waals surface area contributed by atoms with E-state index in [0.717, 1.165) is 96.3 Å². The van der Waals surface area contributed by atoms with Gasteiger partial charge in [0.1, 0.15) is 13.2 Å². The van der Waals surface area contributed by atoms with E-state index in [4.69, 9.17) is 14.2 Å². The van der Waals surface area contributed by atoms with Gasteiger partial charge in [-0.3, -0.25) is 14.4 Å². The third-order valence-corrected chi connectivity index (χ3v) is 13.7. The van der Waals surface area contributed by atoms with E-state index in [0.29, 0.717) is 19.3 Å². The van der Waals surface area contributed by atoms with Gasteiger partial charge in [0, 0.05) is 19.3 Å². The molecule has 1 unspecified atom stereocenters. The molecule has 6 nitrogen and oxygen atoms in total. The number of hydrogen-bond acceptors (Lipinski definition) is 6. The van der Waals surface area contributed by atoms with Gasteiger partial charge < -0.3 is 14.2 Å². The second-order valence-corrected chi connectivity index (χ2v) is 20.9. The lowest BCUT2D eigenvalue weighted by Crippen LogP contribution is -2.30. The first-order chi connectivity index (χ1) is 36.0. The smallest absolute Gasteiger partial charge is 0.306 e. The van der Waals surface area contributed by atoms with Crippen molar-refractivity contribution in [1.29, 1.82) is 0 Å². The Morgan fingerprint density at radius 1 is 0.288 bits per heavy atom. The van der Waals surface area contributed by atoms with Crippen LogP contribution in [0, 0.1) is 0 Å². The Labute approximate surface area is 453 Å². The molecule has 0 amide bonds. The Balaban J connectivity index is 4.15. The second-order valence-electron chi connectivity index (χ2n) is 20.9. The van der Waals surface area contributed by atoms with Crippen LogP contribution >= 0.6 is 0 Å². The van der Waals surface area contributed by atoms with Crippen LogP contribution in [-0.2, 0) is 28.6 Å². The van der Waals surface area contributed by atoms with Gasteiger partial charge in [-0.2, -0.15) is 0 Å². The number of allylic oxidation sites excluding steroid dienone is 12. The molecule has 0 saturated carbocycles. The molecule has 0 radical (unpaired) electrons. The van der Waals surface area contributed by atoms with Crippen molar-refractivity contribution in [2.75, 3.05) is 13.2 Å². The van der Waals surface area contributed by atoms with Crippen LogP contribution in [0.4, 0.5) is 0 Å². The number of carbonyl (C=O) groups excluding carboxylic acids is 3. The summed E-state index contributed by atoms with van der Waals surface area (Å²) in [6.45, 7) is 6.52. The summed E-state index contributed by atoms with van der Waals surface area (Å²) >= 11 is 0. The van der Waals surface area contributed by atoms with Crippen molar-refractivity contribution in [3.05, 3.63) is 72.9 Å². The third kappa shape index (κ3) is 59.6. The summed E-state index contributed by atoms with van der Waals surface area (Å²) < 4.78 is 16.9. The van der Waals surface area contributed by atoms with Crippen molar-refractivity contribution >= 4 is 17.9 Å². The molecule has 0 N–H and O–H groups in total. The minimum Gasteiger partial charge on any atom is -0.462 e. The van der Waals surface area contributed by atoms with E-state index in [1.54, 1.807) is 0 Å². The van der Waals surface area contributed by atoms with Gasteiger partial charge in [-0.05, 0) is 89.9 Å². The first-order valence-electron chi connectivity index (χ1n) is 31.4. The summed E-state index contributed by atoms with van der Waals surface area (Å²) in [7, 11) is 0. The summed E-state index contributed by atoms with van der Waals surface area (Å²) in [6.07, 6.45) is 79.2. The molecule has 0 aliphatic carbocycles. The molecule has 0 bridgehead atoms. The topological polar surface area (TPSA) is 78.9 Å². The maximum atomic E-state index is 12.8. The molecular formula is C67H118O6. The lowest BCUT2D eigenvalue weighted by atomic mass is 10.0. The highest BCUT2D eigenvalue weighted by molar-refractivity contribution is 5.71. The molecule has 0 aliphatic rings. The molecule has 0 heterocycles. The van der Waals surface area contributed by atoms with Gasteiger partial charge in [-0.1, -0.05) is 280 Å². The van der Waals surface area contributed by atoms with E-state index in [-0.39, 0.29) is 31.1 Å². The normalized spacial score (nSPS) is 12.5. The minimum atomic E-state index is -0.778. The number of hydrogen-bond donors (Lipinski definition) is 0. The van der Waals surface area contributed by atoms with E-state index >= 15 is 0 Å². The highest BCUT2D eigenvalue weighted by Gasteiger charge is 2.19. The van der Waals surface area contributed by atoms with Crippen LogP contribution in [-0.4, -0.2) is 37.2 Å². The molecule has 6 heteroatoms. The summed E-state index contributed by atoms with van der Waals surface area (Å²) in [5.41, 5.74) is 0. The Morgan fingerprint density at radius 2 is 0.534 bits per heavy atom. The summed E-state index contributed by atoms with van der Waals surface area (Å²) in [6, 6.07) is 0. The quantitative estimate of drug-likeness (QED) is 0.0261. The molecule has 1 atom stereocenters. The largest absolute Gasteiger partial charge is 0.462 e. The number of ether oxygens (including phenoxy) is 3. The predicted molar refractivity (Wildman–Crippen MR) is 316 cm³/mol. The maximum absolute atomic E-state index is 12.8. The van der Waals surface area contributed by atoms with Gasteiger partial charge in [-0.15, -0.1) is 0 Å². The molecule has 0 rings (SSSR count). The van der Waals surface area contributed by atoms with Gasteiger partial charge in [0.2, 0.25) is 0 Å². The lowest BCUT2D eigenvalue weighted by molar-refractivity contribution is -0.167. The van der Waals surface area contributed by atoms with Crippen LogP contribution in [0.3, 0.4) is 0 Å². The Hall–Kier alpha value is -3.15. The van der Waals surface area contributed by atoms with E-state index in [2.05, 4.69) is 93.7 Å². The molecule has 422 valence electrons. The first kappa shape index (κ1) is 69.8. The van der Waals surface area contributed by atoms with Gasteiger partial charge in [0.15, 0.2) is 6.10 Å². The molecule has 73 heavy (non-hydrogen) atoms. The van der Waals surface area contributed by atoms with Crippen molar-refractivity contribution in [2.45, 2.75) is 322 Å². The lowest BCUT2D eigenvalue weighted by Gasteiger charge is -2.18. The summed E-state index contributed by atoms with van der Waals surface area (Å²) in [4.78, 5) is 38.1. The monoisotopic (exact) mass is 1020 g/mol. The van der Waals surface area contributed by atoms with Gasteiger partial charge >= 0.3 is 17.9 Å². The fourth-order valence-electron chi connectivity index (χ4n) is 9.00. The van der Waals surface area contributed by atoms with Crippen LogP contribution in [0.15, 0.2) is 72.9 Å². The van der Waals surface area contributed by atoms with Crippen molar-refractivity contribution < 1.29 is 28.6 Å². The van der Waals surface area contributed by atoms with Crippen LogP contribution in [0.1, 0.15) is 316 Å². The minimum absolute atomic E-state index is 0.0767. The highest BCUT2D eigenvalue weighted by atomic mass is 16.6. The van der Waals surface area contributed by atoms with Gasteiger partial charge in [0.05, 0.1) is 0 Å². The van der Waals surface area contributed by atoms with Gasteiger partial charge in [-0.25, -0.2) is 0 Å². The zero-order valence-electron chi connectivity index (χ0n) is 48.4. The van der Waals surface area contributed by atoms with Gasteiger partial charge in [0.25, 0.3) is 0 Å². The van der Waals surface area contributed by atoms with Crippen molar-refractivity contribution in [3.8, 4) is 0 Å². The fraction of sp³-hybridized carbons (Fsp3) is 0.776. The Kier molecular flexibility index (Phi) is 58.7. The average Bonchev–Trinajstić information content (AvgIpc) is 3.39. The molecule has 0 aromatic rings. The number of esters is 3. The Morgan fingerprint density at radius 3 is 0.836 bits per heavy atom. The molecule has 0 aliphatic heterocycles.